The molecule has 0 radical (unpaired) electrons. The number of pyridine rings is 1. The lowest BCUT2D eigenvalue weighted by Crippen LogP contribution is -2.31. The smallest absolute Gasteiger partial charge is 0.308 e. The van der Waals surface area contributed by atoms with Crippen molar-refractivity contribution in [2.75, 3.05) is 5.32 Å². The third-order valence-electron chi connectivity index (χ3n) is 5.07. The molecule has 152 valence electrons. The van der Waals surface area contributed by atoms with Crippen LogP contribution in [-0.2, 0) is 10.5 Å². The van der Waals surface area contributed by atoms with Crippen LogP contribution >= 0.6 is 0 Å². The molecule has 0 bridgehead atoms. The number of fused-ring (bicyclic) bond motifs is 1. The van der Waals surface area contributed by atoms with Gasteiger partial charge in [0.2, 0.25) is 0 Å². The van der Waals surface area contributed by atoms with Crippen LogP contribution in [-0.4, -0.2) is 42.3 Å². The van der Waals surface area contributed by atoms with Gasteiger partial charge >= 0.3 is 5.97 Å². The predicted molar refractivity (Wildman–Crippen MR) is 96.7 cm³/mol. The van der Waals surface area contributed by atoms with Crippen molar-refractivity contribution in [2.45, 2.75) is 38.4 Å². The van der Waals surface area contributed by atoms with Crippen molar-refractivity contribution in [1.82, 2.24) is 25.1 Å². The molecular weight excluding hydrogens is 389 g/mol. The topological polar surface area (TPSA) is 117 Å². The Kier molecular flexibility index (Phi) is 4.39. The van der Waals surface area contributed by atoms with Gasteiger partial charge in [-0.3, -0.25) is 9.89 Å². The number of aliphatic carboxylic acids is 1. The largest absolute Gasteiger partial charge is 0.481 e. The molecule has 3 aromatic rings. The van der Waals surface area contributed by atoms with Gasteiger partial charge in [0.05, 0.1) is 17.5 Å². The quantitative estimate of drug-likeness (QED) is 0.576. The molecule has 4 rings (SSSR count). The van der Waals surface area contributed by atoms with Gasteiger partial charge in [0.25, 0.3) is 0 Å². The van der Waals surface area contributed by atoms with Crippen molar-refractivity contribution in [3.8, 4) is 11.5 Å². The van der Waals surface area contributed by atoms with Crippen molar-refractivity contribution in [3.05, 3.63) is 29.6 Å². The number of hydrogen-bond acceptors (Lipinski definition) is 6. The van der Waals surface area contributed by atoms with Crippen LogP contribution < -0.4 is 5.32 Å². The number of rotatable bonds is 6. The van der Waals surface area contributed by atoms with Crippen molar-refractivity contribution >= 4 is 22.8 Å². The number of anilines is 1. The first kappa shape index (κ1) is 19.1. The van der Waals surface area contributed by atoms with Crippen LogP contribution in [0.1, 0.15) is 32.4 Å². The maximum atomic E-state index is 15.0. The van der Waals surface area contributed by atoms with E-state index in [2.05, 4.69) is 30.5 Å². The first-order chi connectivity index (χ1) is 13.7. The summed E-state index contributed by atoms with van der Waals surface area (Å²) in [5.41, 5.74) is -1.99. The Morgan fingerprint density at radius 2 is 2.03 bits per heavy atom. The second-order valence-corrected chi connectivity index (χ2v) is 7.21. The molecule has 3 aromatic heterocycles. The molecule has 1 fully saturated rings. The normalized spacial score (nSPS) is 17.1. The molecule has 0 aliphatic heterocycles. The Labute approximate surface area is 162 Å². The summed E-state index contributed by atoms with van der Waals surface area (Å²) in [5, 5.41) is 18.7. The third-order valence-corrected chi connectivity index (χ3v) is 5.07. The van der Waals surface area contributed by atoms with E-state index in [0.29, 0.717) is 0 Å². The molecule has 29 heavy (non-hydrogen) atoms. The van der Waals surface area contributed by atoms with Gasteiger partial charge in [-0.05, 0) is 32.8 Å². The lowest BCUT2D eigenvalue weighted by atomic mass is 10.0. The van der Waals surface area contributed by atoms with E-state index < -0.39 is 40.9 Å². The fourth-order valence-electron chi connectivity index (χ4n) is 2.90. The number of carboxylic acid groups (broad SMARTS) is 1. The summed E-state index contributed by atoms with van der Waals surface area (Å²) in [7, 11) is 0. The highest BCUT2D eigenvalue weighted by Crippen LogP contribution is 2.50. The number of nitrogens with one attached hydrogen (secondary N) is 2. The second kappa shape index (κ2) is 6.68. The molecule has 0 amide bonds. The summed E-state index contributed by atoms with van der Waals surface area (Å²) >= 11 is 0. The van der Waals surface area contributed by atoms with Gasteiger partial charge < -0.3 is 10.4 Å². The molecule has 2 atom stereocenters. The average molecular weight is 406 g/mol. The van der Waals surface area contributed by atoms with E-state index in [0.717, 1.165) is 12.3 Å². The van der Waals surface area contributed by atoms with Gasteiger partial charge in [0, 0.05) is 6.04 Å². The summed E-state index contributed by atoms with van der Waals surface area (Å²) in [6, 6.07) is 0.461. The molecular formula is C18H17F3N6O2. The van der Waals surface area contributed by atoms with Crippen LogP contribution in [0.5, 0.6) is 0 Å². The van der Waals surface area contributed by atoms with Gasteiger partial charge in [-0.2, -0.15) is 5.10 Å². The molecule has 1 unspecified atom stereocenters. The van der Waals surface area contributed by atoms with Crippen LogP contribution in [0.15, 0.2) is 12.3 Å². The minimum atomic E-state index is -1.92. The number of carbonyl (C=O) groups is 1. The molecule has 3 heterocycles. The number of carboxylic acids is 1. The van der Waals surface area contributed by atoms with E-state index in [1.807, 2.05) is 0 Å². The third kappa shape index (κ3) is 3.36. The van der Waals surface area contributed by atoms with Crippen LogP contribution in [0.4, 0.5) is 19.0 Å². The molecule has 0 aromatic carbocycles. The van der Waals surface area contributed by atoms with E-state index in [1.54, 1.807) is 6.92 Å². The van der Waals surface area contributed by atoms with Crippen LogP contribution in [0.3, 0.4) is 0 Å². The zero-order chi connectivity index (χ0) is 20.9. The first-order valence-corrected chi connectivity index (χ1v) is 8.96. The summed E-state index contributed by atoms with van der Waals surface area (Å²) in [5.74, 6) is -3.97. The highest BCUT2D eigenvalue weighted by molar-refractivity contribution is 5.88. The average Bonchev–Trinajstić information content (AvgIpc) is 3.29. The van der Waals surface area contributed by atoms with Gasteiger partial charge in [0.1, 0.15) is 17.2 Å². The van der Waals surface area contributed by atoms with Crippen LogP contribution in [0.25, 0.3) is 22.6 Å². The second-order valence-electron chi connectivity index (χ2n) is 7.21. The first-order valence-electron chi connectivity index (χ1n) is 8.96. The Balaban J connectivity index is 1.84. The van der Waals surface area contributed by atoms with Crippen molar-refractivity contribution in [2.24, 2.45) is 5.92 Å². The fourth-order valence-corrected chi connectivity index (χ4v) is 2.90. The zero-order valence-corrected chi connectivity index (χ0v) is 15.5. The molecule has 3 N–H and O–H groups in total. The zero-order valence-electron chi connectivity index (χ0n) is 15.5. The number of halogens is 3. The van der Waals surface area contributed by atoms with E-state index in [-0.39, 0.29) is 41.2 Å². The highest BCUT2D eigenvalue weighted by Gasteiger charge is 2.49. The number of hydrogen-bond donors (Lipinski definition) is 3. The maximum Gasteiger partial charge on any atom is 0.308 e. The van der Waals surface area contributed by atoms with Crippen LogP contribution in [0.2, 0.25) is 0 Å². The Hall–Kier alpha value is -3.24. The Morgan fingerprint density at radius 3 is 2.69 bits per heavy atom. The van der Waals surface area contributed by atoms with Gasteiger partial charge in [-0.25, -0.2) is 28.1 Å². The molecule has 1 aliphatic carbocycles. The number of nitrogens with zero attached hydrogens (tertiary/aromatic N) is 4. The molecule has 8 nitrogen and oxygen atoms in total. The lowest BCUT2D eigenvalue weighted by molar-refractivity contribution is -0.141. The Bertz CT molecular complexity index is 1110. The number of aromatic amines is 1. The number of H-pyrrole nitrogens is 1. The molecule has 0 saturated heterocycles. The Morgan fingerprint density at radius 1 is 1.31 bits per heavy atom. The van der Waals surface area contributed by atoms with E-state index in [4.69, 9.17) is 5.11 Å². The van der Waals surface area contributed by atoms with Crippen molar-refractivity contribution in [3.63, 3.8) is 0 Å². The van der Waals surface area contributed by atoms with Crippen LogP contribution in [0, 0.1) is 17.6 Å². The van der Waals surface area contributed by atoms with Gasteiger partial charge in [-0.15, -0.1) is 0 Å². The molecule has 0 spiro atoms. The fraction of sp³-hybridized carbons (Fsp3) is 0.389. The van der Waals surface area contributed by atoms with E-state index in [1.165, 1.54) is 6.92 Å². The monoisotopic (exact) mass is 406 g/mol. The van der Waals surface area contributed by atoms with E-state index in [9.17, 15) is 18.0 Å². The summed E-state index contributed by atoms with van der Waals surface area (Å²) in [6.07, 6.45) is 1.22. The van der Waals surface area contributed by atoms with Gasteiger partial charge in [-0.1, -0.05) is 0 Å². The summed E-state index contributed by atoms with van der Waals surface area (Å²) < 4.78 is 43.3. The summed E-state index contributed by atoms with van der Waals surface area (Å²) in [6.45, 7) is 3.00. The predicted octanol–water partition coefficient (Wildman–Crippen LogP) is 3.17. The standard InChI is InChI=1S/C18H17F3N6O2/c1-7(17(28)29)8(2)23-15-11(20)13(18(21)3-4-18)24-16(25-15)12-10-5-9(19)6-22-14(10)27-26-12/h5-8H,3-4H2,1-2H3,(H,28,29)(H,22,26,27)(H,23,24,25)/t7?,8-/m0/s1. The molecule has 1 saturated carbocycles. The van der Waals surface area contributed by atoms with Crippen molar-refractivity contribution < 1.29 is 23.1 Å². The lowest BCUT2D eigenvalue weighted by Gasteiger charge is -2.20. The number of alkyl halides is 1. The molecule has 1 aliphatic rings. The highest BCUT2D eigenvalue weighted by atomic mass is 19.2. The summed E-state index contributed by atoms with van der Waals surface area (Å²) in [4.78, 5) is 23.2. The van der Waals surface area contributed by atoms with Gasteiger partial charge in [0.15, 0.2) is 28.8 Å². The van der Waals surface area contributed by atoms with E-state index >= 15 is 0 Å². The number of aromatic nitrogens is 5. The molecule has 11 heteroatoms. The van der Waals surface area contributed by atoms with Crippen molar-refractivity contribution in [1.29, 1.82) is 0 Å². The maximum absolute atomic E-state index is 15.0. The minimum Gasteiger partial charge on any atom is -0.481 e. The minimum absolute atomic E-state index is 0.0992. The SMILES string of the molecule is CC(C(=O)O)[C@H](C)Nc1nc(-c2[nH]nc3ncc(F)cc23)nc(C2(F)CC2)c1F.